The first-order valence-electron chi connectivity index (χ1n) is 11.7. The summed E-state index contributed by atoms with van der Waals surface area (Å²) >= 11 is 0. The van der Waals surface area contributed by atoms with Crippen LogP contribution in [0.3, 0.4) is 0 Å². The van der Waals surface area contributed by atoms with Gasteiger partial charge in [0.2, 0.25) is 11.4 Å². The number of para-hydroxylation sites is 1. The number of rotatable bonds is 2. The minimum absolute atomic E-state index is 0.155. The van der Waals surface area contributed by atoms with E-state index < -0.39 is 12.7 Å². The van der Waals surface area contributed by atoms with Gasteiger partial charge in [0, 0.05) is 34.8 Å². The molecule has 0 aliphatic carbocycles. The van der Waals surface area contributed by atoms with Crippen molar-refractivity contribution in [2.45, 2.75) is 40.4 Å². The lowest BCUT2D eigenvalue weighted by molar-refractivity contribution is -0.667. The van der Waals surface area contributed by atoms with E-state index in [4.69, 9.17) is 17.8 Å². The first-order valence-corrected chi connectivity index (χ1v) is 9.15. The fourth-order valence-electron chi connectivity index (χ4n) is 4.04. The zero-order chi connectivity index (χ0) is 24.5. The smallest absolute Gasteiger partial charge is 0.229 e. The molecule has 2 aromatic heterocycles. The molecule has 0 amide bonds. The molecule has 0 N–H and O–H groups in total. The molecule has 0 saturated carbocycles. The van der Waals surface area contributed by atoms with E-state index in [0.717, 1.165) is 21.9 Å². The van der Waals surface area contributed by atoms with Crippen molar-refractivity contribution in [3.05, 3.63) is 70.2 Å². The largest absolute Gasteiger partial charge is 0.466 e. The van der Waals surface area contributed by atoms with Gasteiger partial charge in [-0.05, 0) is 30.9 Å². The Balaban J connectivity index is 2.14. The first kappa shape index (κ1) is 13.1. The van der Waals surface area contributed by atoms with Gasteiger partial charge in [0.05, 0.1) is 13.5 Å². The first-order chi connectivity index (χ1) is 15.3. The molecular weight excluding hydrogens is 344 g/mol. The van der Waals surface area contributed by atoms with Crippen LogP contribution < -0.4 is 4.57 Å². The Bertz CT molecular complexity index is 1460. The highest BCUT2D eigenvalue weighted by atomic mass is 16.3. The van der Waals surface area contributed by atoms with E-state index >= 15 is 0 Å². The van der Waals surface area contributed by atoms with E-state index in [2.05, 4.69) is 4.85 Å². The highest BCUT2D eigenvalue weighted by molar-refractivity contribution is 6.12. The van der Waals surface area contributed by atoms with Gasteiger partial charge in [-0.25, -0.2) is 4.85 Å². The standard InChI is InChI=1S/C25H25N2O/c1-14(2)22-16(4)13-21(27(7)17(22)5)23-15(3)11-12-19-18-9-8-10-20(26-6)24(18)28-25(19)23/h8-14H,1-5,7H3/q+1/i1D3,13D,14D. The van der Waals surface area contributed by atoms with Gasteiger partial charge in [0.1, 0.15) is 18.2 Å². The summed E-state index contributed by atoms with van der Waals surface area (Å²) in [5.41, 5.74) is 5.13. The van der Waals surface area contributed by atoms with Crippen LogP contribution in [0.4, 0.5) is 5.69 Å². The quantitative estimate of drug-likeness (QED) is 0.283. The van der Waals surface area contributed by atoms with E-state index in [1.165, 1.54) is 6.92 Å². The second kappa shape index (κ2) is 6.49. The Morgan fingerprint density at radius 3 is 2.61 bits per heavy atom. The summed E-state index contributed by atoms with van der Waals surface area (Å²) in [6.07, 6.45) is 0. The van der Waals surface area contributed by atoms with Gasteiger partial charge < -0.3 is 4.42 Å². The van der Waals surface area contributed by atoms with Crippen molar-refractivity contribution in [3.8, 4) is 11.3 Å². The zero-order valence-electron chi connectivity index (χ0n) is 21.7. The lowest BCUT2D eigenvalue weighted by atomic mass is 9.93. The molecule has 0 bridgehead atoms. The average molecular weight is 375 g/mol. The van der Waals surface area contributed by atoms with Crippen LogP contribution >= 0.6 is 0 Å². The van der Waals surface area contributed by atoms with Crippen LogP contribution in [-0.2, 0) is 7.05 Å². The lowest BCUT2D eigenvalue weighted by Gasteiger charge is -2.15. The number of aromatic nitrogens is 1. The van der Waals surface area contributed by atoms with Gasteiger partial charge >= 0.3 is 0 Å². The summed E-state index contributed by atoms with van der Waals surface area (Å²) in [6, 6.07) is 9.54. The third kappa shape index (κ3) is 2.52. The number of furan rings is 1. The SMILES string of the molecule is [2H]c1c(C)c(C([2H])(C)C([2H])([2H])[2H])c(C)[n+](C)c1-c1c(C)ccc2c1oc1c([N+]#[C-])cccc12. The summed E-state index contributed by atoms with van der Waals surface area (Å²) in [4.78, 5) is 3.58. The van der Waals surface area contributed by atoms with Crippen LogP contribution in [0.5, 0.6) is 0 Å². The van der Waals surface area contributed by atoms with Crippen molar-refractivity contribution in [1.82, 2.24) is 0 Å². The minimum atomic E-state index is -2.55. The van der Waals surface area contributed by atoms with Crippen molar-refractivity contribution in [3.63, 3.8) is 0 Å². The van der Waals surface area contributed by atoms with Gasteiger partial charge in [-0.3, -0.25) is 0 Å². The molecule has 0 aliphatic heterocycles. The number of fused-ring (bicyclic) bond motifs is 3. The maximum absolute atomic E-state index is 9.00. The van der Waals surface area contributed by atoms with Gasteiger partial charge in [-0.2, -0.15) is 4.57 Å². The van der Waals surface area contributed by atoms with Gasteiger partial charge in [-0.1, -0.05) is 44.1 Å². The predicted molar refractivity (Wildman–Crippen MR) is 115 cm³/mol. The molecule has 4 aromatic rings. The van der Waals surface area contributed by atoms with Crippen LogP contribution in [0.1, 0.15) is 48.9 Å². The van der Waals surface area contributed by atoms with Gasteiger partial charge in [0.25, 0.3) is 0 Å². The zero-order valence-corrected chi connectivity index (χ0v) is 16.7. The molecule has 140 valence electrons. The summed E-state index contributed by atoms with van der Waals surface area (Å²) in [6.45, 7) is 11.7. The fraction of sp³-hybridized carbons (Fsp3) is 0.280. The maximum atomic E-state index is 9.00. The second-order valence-electron chi connectivity index (χ2n) is 7.24. The van der Waals surface area contributed by atoms with Crippen LogP contribution in [-0.4, -0.2) is 0 Å². The number of hydrogen-bond acceptors (Lipinski definition) is 1. The van der Waals surface area contributed by atoms with Crippen molar-refractivity contribution >= 4 is 27.6 Å². The van der Waals surface area contributed by atoms with Gasteiger partial charge in [-0.15, -0.1) is 0 Å². The third-order valence-corrected chi connectivity index (χ3v) is 5.47. The summed E-state index contributed by atoms with van der Waals surface area (Å²) in [5.74, 6) is -1.86. The topological polar surface area (TPSA) is 21.4 Å². The lowest BCUT2D eigenvalue weighted by Crippen LogP contribution is -2.37. The molecular formula is C25H25N2O+. The monoisotopic (exact) mass is 374 g/mol. The Morgan fingerprint density at radius 2 is 1.89 bits per heavy atom. The summed E-state index contributed by atoms with van der Waals surface area (Å²) in [5, 5.41) is 1.68. The number of benzene rings is 2. The minimum Gasteiger partial charge on any atom is -0.466 e. The molecule has 4 rings (SSSR count). The van der Waals surface area contributed by atoms with E-state index in [-0.39, 0.29) is 6.04 Å². The van der Waals surface area contributed by atoms with Gasteiger partial charge in [0.15, 0.2) is 5.69 Å². The molecule has 1 atom stereocenters. The highest BCUT2D eigenvalue weighted by Crippen LogP contribution is 2.40. The molecule has 2 aromatic carbocycles. The summed E-state index contributed by atoms with van der Waals surface area (Å²) < 4.78 is 49.4. The normalized spacial score (nSPS) is 16.6. The molecule has 3 heteroatoms. The molecule has 0 saturated heterocycles. The molecule has 0 radical (unpaired) electrons. The molecule has 0 spiro atoms. The van der Waals surface area contributed by atoms with E-state index in [0.29, 0.717) is 39.4 Å². The number of aryl methyl sites for hydroxylation is 1. The Morgan fingerprint density at radius 1 is 1.14 bits per heavy atom. The summed E-state index contributed by atoms with van der Waals surface area (Å²) in [7, 11) is 1.78. The van der Waals surface area contributed by atoms with Crippen LogP contribution in [0.25, 0.3) is 38.0 Å². The molecule has 0 aliphatic rings. The Kier molecular flexibility index (Phi) is 3.04. The van der Waals surface area contributed by atoms with Crippen LogP contribution in [0, 0.1) is 27.3 Å². The maximum Gasteiger partial charge on any atom is 0.229 e. The van der Waals surface area contributed by atoms with E-state index in [1.807, 2.05) is 31.2 Å². The molecule has 28 heavy (non-hydrogen) atoms. The molecule has 0 fully saturated rings. The third-order valence-electron chi connectivity index (χ3n) is 5.47. The van der Waals surface area contributed by atoms with Crippen molar-refractivity contribution in [2.75, 3.05) is 0 Å². The van der Waals surface area contributed by atoms with Crippen molar-refractivity contribution in [2.24, 2.45) is 7.05 Å². The van der Waals surface area contributed by atoms with Crippen LogP contribution in [0.15, 0.2) is 40.8 Å². The predicted octanol–water partition coefficient (Wildman–Crippen LogP) is 6.68. The Hall–Kier alpha value is -3.12. The fourth-order valence-corrected chi connectivity index (χ4v) is 4.04. The number of hydrogen-bond donors (Lipinski definition) is 0. The van der Waals surface area contributed by atoms with Crippen molar-refractivity contribution < 1.29 is 15.8 Å². The second-order valence-corrected chi connectivity index (χ2v) is 7.24. The number of pyridine rings is 1. The molecule has 3 nitrogen and oxygen atoms in total. The average Bonchev–Trinajstić information content (AvgIpc) is 3.11. The van der Waals surface area contributed by atoms with E-state index in [9.17, 15) is 0 Å². The van der Waals surface area contributed by atoms with Crippen LogP contribution in [0.2, 0.25) is 0 Å². The number of nitrogens with zero attached hydrogens (tertiary/aromatic N) is 2. The molecule has 2 heterocycles. The highest BCUT2D eigenvalue weighted by Gasteiger charge is 2.25. The van der Waals surface area contributed by atoms with Crippen molar-refractivity contribution in [1.29, 1.82) is 0 Å². The van der Waals surface area contributed by atoms with E-state index in [1.54, 1.807) is 31.5 Å². The Labute approximate surface area is 173 Å². The molecule has 1 unspecified atom stereocenters.